The summed E-state index contributed by atoms with van der Waals surface area (Å²) >= 11 is 0. The van der Waals surface area contributed by atoms with Gasteiger partial charge in [-0.05, 0) is 69.8 Å². The molecule has 0 N–H and O–H groups in total. The lowest BCUT2D eigenvalue weighted by molar-refractivity contribution is 0.669. The molecule has 0 amide bonds. The van der Waals surface area contributed by atoms with Crippen molar-refractivity contribution < 1.29 is 4.42 Å². The summed E-state index contributed by atoms with van der Waals surface area (Å²) in [4.78, 5) is 15.3. The van der Waals surface area contributed by atoms with E-state index in [1.165, 1.54) is 21.9 Å². The van der Waals surface area contributed by atoms with Crippen LogP contribution in [-0.2, 0) is 0 Å². The molecule has 0 aliphatic carbocycles. The Morgan fingerprint density at radius 3 is 1.24 bits per heavy atom. The Labute approximate surface area is 357 Å². The summed E-state index contributed by atoms with van der Waals surface area (Å²) in [6, 6.07) is 76.3. The van der Waals surface area contributed by atoms with Gasteiger partial charge in [0.1, 0.15) is 11.2 Å². The Bertz CT molecular complexity index is 3480. The van der Waals surface area contributed by atoms with E-state index in [1.54, 1.807) is 0 Å². The number of hydrogen-bond donors (Lipinski definition) is 0. The minimum atomic E-state index is 0.577. The first-order valence-electron chi connectivity index (χ1n) is 20.8. The number of fused-ring (bicyclic) bond motifs is 6. The van der Waals surface area contributed by atoms with Gasteiger partial charge in [0.25, 0.3) is 0 Å². The van der Waals surface area contributed by atoms with E-state index in [0.29, 0.717) is 17.5 Å². The molecule has 9 aromatic carbocycles. The molecule has 0 radical (unpaired) electrons. The lowest BCUT2D eigenvalue weighted by atomic mass is 10.0. The van der Waals surface area contributed by atoms with Gasteiger partial charge in [0.2, 0.25) is 0 Å². The number of rotatable bonds is 7. The molecule has 0 saturated carbocycles. The van der Waals surface area contributed by atoms with Crippen molar-refractivity contribution in [1.29, 1.82) is 0 Å². The zero-order chi connectivity index (χ0) is 41.0. The van der Waals surface area contributed by atoms with Gasteiger partial charge in [-0.15, -0.1) is 0 Å². The van der Waals surface area contributed by atoms with Crippen LogP contribution in [0.5, 0.6) is 0 Å². The summed E-state index contributed by atoms with van der Waals surface area (Å²) in [6.45, 7) is 0. The van der Waals surface area contributed by atoms with E-state index in [-0.39, 0.29) is 0 Å². The SMILES string of the molecule is c1ccc(-c2ccc(-c3nc(-c4ccc(-c5ccccc5)cc4)nc(-c4ccc5c(c4)oc4cc6c(cc45)c4ccccc4n6-c4ccc(-c5ccccc5)cc4)n3)cc2)cc1. The van der Waals surface area contributed by atoms with E-state index in [0.717, 1.165) is 77.6 Å². The summed E-state index contributed by atoms with van der Waals surface area (Å²) in [5, 5.41) is 4.48. The first-order valence-corrected chi connectivity index (χ1v) is 20.8. The lowest BCUT2D eigenvalue weighted by Gasteiger charge is -2.10. The van der Waals surface area contributed by atoms with Gasteiger partial charge in [0.05, 0.1) is 11.0 Å². The molecule has 3 heterocycles. The summed E-state index contributed by atoms with van der Waals surface area (Å²) in [6.07, 6.45) is 0. The third-order valence-corrected chi connectivity index (χ3v) is 11.9. The van der Waals surface area contributed by atoms with Gasteiger partial charge < -0.3 is 8.98 Å². The largest absolute Gasteiger partial charge is 0.456 e. The Balaban J connectivity index is 0.968. The maximum Gasteiger partial charge on any atom is 0.164 e. The number of furan rings is 1. The smallest absolute Gasteiger partial charge is 0.164 e. The topological polar surface area (TPSA) is 56.7 Å². The van der Waals surface area contributed by atoms with Crippen molar-refractivity contribution in [2.45, 2.75) is 0 Å². The molecule has 5 heteroatoms. The molecule has 0 aliphatic rings. The van der Waals surface area contributed by atoms with Crippen LogP contribution in [0.2, 0.25) is 0 Å². The Hall–Kier alpha value is -8.41. The molecule has 5 nitrogen and oxygen atoms in total. The van der Waals surface area contributed by atoms with Gasteiger partial charge in [-0.3, -0.25) is 0 Å². The molecule has 0 unspecified atom stereocenters. The van der Waals surface area contributed by atoms with Crippen molar-refractivity contribution in [3.05, 3.63) is 218 Å². The fourth-order valence-electron chi connectivity index (χ4n) is 8.74. The number of aromatic nitrogens is 4. The summed E-state index contributed by atoms with van der Waals surface area (Å²) in [7, 11) is 0. The van der Waals surface area contributed by atoms with Crippen molar-refractivity contribution in [2.24, 2.45) is 0 Å². The molecular formula is C57H36N4O. The zero-order valence-electron chi connectivity index (χ0n) is 33.5. The lowest BCUT2D eigenvalue weighted by Crippen LogP contribution is -2.00. The maximum atomic E-state index is 6.74. The highest BCUT2D eigenvalue weighted by Crippen LogP contribution is 2.40. The highest BCUT2D eigenvalue weighted by atomic mass is 16.3. The molecule has 0 fully saturated rings. The van der Waals surface area contributed by atoms with Crippen LogP contribution in [-0.4, -0.2) is 19.5 Å². The highest BCUT2D eigenvalue weighted by molar-refractivity contribution is 6.17. The first-order chi connectivity index (χ1) is 30.7. The average Bonchev–Trinajstić information content (AvgIpc) is 3.88. The van der Waals surface area contributed by atoms with Crippen molar-refractivity contribution in [3.8, 4) is 73.2 Å². The second-order valence-electron chi connectivity index (χ2n) is 15.6. The molecule has 3 aromatic heterocycles. The molecule has 0 atom stereocenters. The third-order valence-electron chi connectivity index (χ3n) is 11.9. The van der Waals surface area contributed by atoms with Crippen LogP contribution in [0.25, 0.3) is 117 Å². The van der Waals surface area contributed by atoms with Crippen LogP contribution < -0.4 is 0 Å². The van der Waals surface area contributed by atoms with E-state index in [9.17, 15) is 0 Å². The van der Waals surface area contributed by atoms with Crippen molar-refractivity contribution in [2.75, 3.05) is 0 Å². The van der Waals surface area contributed by atoms with Gasteiger partial charge in [-0.25, -0.2) is 15.0 Å². The molecular weight excluding hydrogens is 757 g/mol. The van der Waals surface area contributed by atoms with E-state index >= 15 is 0 Å². The number of para-hydroxylation sites is 1. The molecule has 62 heavy (non-hydrogen) atoms. The van der Waals surface area contributed by atoms with Crippen LogP contribution in [0, 0.1) is 0 Å². The number of hydrogen-bond acceptors (Lipinski definition) is 4. The Morgan fingerprint density at radius 2 is 0.694 bits per heavy atom. The third kappa shape index (κ3) is 6.23. The fourth-order valence-corrected chi connectivity index (χ4v) is 8.74. The predicted molar refractivity (Wildman–Crippen MR) is 254 cm³/mol. The second-order valence-corrected chi connectivity index (χ2v) is 15.6. The molecule has 12 rings (SSSR count). The molecule has 0 saturated heterocycles. The van der Waals surface area contributed by atoms with E-state index < -0.39 is 0 Å². The van der Waals surface area contributed by atoms with Crippen molar-refractivity contribution in [1.82, 2.24) is 19.5 Å². The van der Waals surface area contributed by atoms with Gasteiger partial charge in [-0.1, -0.05) is 176 Å². The monoisotopic (exact) mass is 792 g/mol. The highest BCUT2D eigenvalue weighted by Gasteiger charge is 2.19. The summed E-state index contributed by atoms with van der Waals surface area (Å²) in [5.41, 5.74) is 14.6. The van der Waals surface area contributed by atoms with Gasteiger partial charge in [-0.2, -0.15) is 0 Å². The van der Waals surface area contributed by atoms with Crippen LogP contribution in [0.15, 0.2) is 223 Å². The quantitative estimate of drug-likeness (QED) is 0.161. The van der Waals surface area contributed by atoms with E-state index in [4.69, 9.17) is 19.4 Å². The minimum absolute atomic E-state index is 0.577. The van der Waals surface area contributed by atoms with Crippen LogP contribution in [0.3, 0.4) is 0 Å². The standard InChI is InChI=1S/C57H36N4O/c1-4-12-37(13-5-1)40-20-24-43(25-21-40)55-58-56(44-26-22-41(23-27-44)38-14-6-2-7-15-38)60-57(59-55)45-30-33-48-50-35-49-47-18-10-11-19-51(47)61(52(49)36-54(50)62-53(48)34-45)46-31-28-42(29-32-46)39-16-8-3-9-17-39/h1-36H. The predicted octanol–water partition coefficient (Wildman–Crippen LogP) is 14.9. The van der Waals surface area contributed by atoms with Crippen molar-refractivity contribution in [3.63, 3.8) is 0 Å². The fraction of sp³-hybridized carbons (Fsp3) is 0. The maximum absolute atomic E-state index is 6.74. The first kappa shape index (κ1) is 35.5. The van der Waals surface area contributed by atoms with Crippen LogP contribution in [0.1, 0.15) is 0 Å². The van der Waals surface area contributed by atoms with E-state index in [1.807, 2.05) is 12.1 Å². The zero-order valence-corrected chi connectivity index (χ0v) is 33.5. The van der Waals surface area contributed by atoms with E-state index in [2.05, 4.69) is 211 Å². The Kier molecular flexibility index (Phi) is 8.42. The average molecular weight is 793 g/mol. The van der Waals surface area contributed by atoms with Gasteiger partial charge >= 0.3 is 0 Å². The van der Waals surface area contributed by atoms with Crippen molar-refractivity contribution >= 4 is 43.7 Å². The Morgan fingerprint density at radius 1 is 0.274 bits per heavy atom. The summed E-state index contributed by atoms with van der Waals surface area (Å²) in [5.74, 6) is 1.79. The normalized spacial score (nSPS) is 11.5. The minimum Gasteiger partial charge on any atom is -0.456 e. The molecule has 0 bridgehead atoms. The molecule has 290 valence electrons. The molecule has 12 aromatic rings. The summed E-state index contributed by atoms with van der Waals surface area (Å²) < 4.78 is 9.08. The molecule has 0 spiro atoms. The second kappa shape index (κ2) is 14.7. The number of nitrogens with zero attached hydrogens (tertiary/aromatic N) is 4. The van der Waals surface area contributed by atoms with Crippen LogP contribution >= 0.6 is 0 Å². The number of benzene rings is 9. The van der Waals surface area contributed by atoms with Gasteiger partial charge in [0.15, 0.2) is 17.5 Å². The van der Waals surface area contributed by atoms with Crippen LogP contribution in [0.4, 0.5) is 0 Å². The van der Waals surface area contributed by atoms with Gasteiger partial charge in [0, 0.05) is 50.0 Å². The molecule has 0 aliphatic heterocycles.